The number of hydrogen-bond donors (Lipinski definition) is 2. The zero-order valence-corrected chi connectivity index (χ0v) is 10.5. The number of unbranched alkanes of at least 4 members (excludes halogenated alkanes) is 4. The van der Waals surface area contributed by atoms with Crippen molar-refractivity contribution >= 4 is 5.97 Å². The first-order chi connectivity index (χ1) is 8.22. The van der Waals surface area contributed by atoms with Gasteiger partial charge in [0.25, 0.3) is 0 Å². The number of nitrogens with zero attached hydrogens (tertiary/aromatic N) is 1. The lowest BCUT2D eigenvalue weighted by atomic mass is 10.1. The number of H-pyrrole nitrogens is 1. The van der Waals surface area contributed by atoms with Crippen molar-refractivity contribution in [3.8, 4) is 0 Å². The lowest BCUT2D eigenvalue weighted by molar-refractivity contribution is -0.136. The zero-order valence-electron chi connectivity index (χ0n) is 10.5. The number of carboxylic acid groups (broad SMARTS) is 1. The maximum Gasteiger partial charge on any atom is 0.303 e. The molecule has 0 aliphatic carbocycles. The highest BCUT2D eigenvalue weighted by atomic mass is 16.4. The monoisotopic (exact) mass is 238 g/mol. The Morgan fingerprint density at radius 1 is 1.29 bits per heavy atom. The Kier molecular flexibility index (Phi) is 6.37. The molecule has 2 N–H and O–H groups in total. The van der Waals surface area contributed by atoms with Gasteiger partial charge >= 0.3 is 5.97 Å². The van der Waals surface area contributed by atoms with Gasteiger partial charge in [-0.2, -0.15) is 0 Å². The lowest BCUT2D eigenvalue weighted by Gasteiger charge is -1.98. The van der Waals surface area contributed by atoms with Crippen molar-refractivity contribution < 1.29 is 9.90 Å². The van der Waals surface area contributed by atoms with Crippen molar-refractivity contribution in [2.24, 2.45) is 0 Å². The second kappa shape index (κ2) is 7.87. The van der Waals surface area contributed by atoms with Gasteiger partial charge in [-0.15, -0.1) is 0 Å². The van der Waals surface area contributed by atoms with E-state index in [4.69, 9.17) is 5.11 Å². The predicted molar refractivity (Wildman–Crippen MR) is 67.0 cm³/mol. The van der Waals surface area contributed by atoms with Gasteiger partial charge in [-0.3, -0.25) is 4.79 Å². The molecule has 1 heterocycles. The van der Waals surface area contributed by atoms with E-state index < -0.39 is 5.97 Å². The van der Waals surface area contributed by atoms with Crippen LogP contribution in [0.1, 0.15) is 57.0 Å². The van der Waals surface area contributed by atoms with Crippen LogP contribution in [0.3, 0.4) is 0 Å². The van der Waals surface area contributed by atoms with Crippen LogP contribution in [0.5, 0.6) is 0 Å². The number of aromatic nitrogens is 2. The number of aliphatic carboxylic acids is 1. The van der Waals surface area contributed by atoms with E-state index in [0.717, 1.165) is 24.4 Å². The van der Waals surface area contributed by atoms with Crippen LogP contribution < -0.4 is 0 Å². The molecular weight excluding hydrogens is 216 g/mol. The third-order valence-corrected chi connectivity index (χ3v) is 2.81. The Balaban J connectivity index is 2.19. The Labute approximate surface area is 102 Å². The molecule has 4 heteroatoms. The molecule has 0 aliphatic rings. The van der Waals surface area contributed by atoms with Crippen LogP contribution in [-0.4, -0.2) is 21.0 Å². The Bertz CT molecular complexity index is 334. The zero-order chi connectivity index (χ0) is 12.5. The highest BCUT2D eigenvalue weighted by Gasteiger charge is 2.03. The van der Waals surface area contributed by atoms with E-state index in [-0.39, 0.29) is 6.42 Å². The Morgan fingerprint density at radius 2 is 2.06 bits per heavy atom. The molecule has 1 rings (SSSR count). The van der Waals surface area contributed by atoms with E-state index in [0.29, 0.717) is 6.42 Å². The second-order valence-electron chi connectivity index (χ2n) is 4.41. The number of aryl methyl sites for hydroxylation is 2. The summed E-state index contributed by atoms with van der Waals surface area (Å²) < 4.78 is 0. The molecule has 0 aromatic carbocycles. The van der Waals surface area contributed by atoms with Crippen molar-refractivity contribution in [3.05, 3.63) is 17.7 Å². The summed E-state index contributed by atoms with van der Waals surface area (Å²) in [5.74, 6) is 0.225. The fourth-order valence-corrected chi connectivity index (χ4v) is 1.80. The standard InChI is InChI=1S/C13H22N2O2/c1-2-3-4-5-6-7-12-14-10-11(15-12)8-9-13(16)17/h10H,2-9H2,1H3,(H,14,15)(H,16,17). The highest BCUT2D eigenvalue weighted by Crippen LogP contribution is 2.07. The largest absolute Gasteiger partial charge is 0.481 e. The molecule has 0 spiro atoms. The highest BCUT2D eigenvalue weighted by molar-refractivity contribution is 5.66. The van der Waals surface area contributed by atoms with Crippen molar-refractivity contribution in [1.29, 1.82) is 0 Å². The molecule has 0 radical (unpaired) electrons. The van der Waals surface area contributed by atoms with Gasteiger partial charge in [-0.1, -0.05) is 32.6 Å². The molecule has 0 fully saturated rings. The normalized spacial score (nSPS) is 10.6. The quantitative estimate of drug-likeness (QED) is 0.650. The molecule has 0 saturated heterocycles. The first kappa shape index (κ1) is 13.7. The van der Waals surface area contributed by atoms with Crippen LogP contribution in [0.15, 0.2) is 6.20 Å². The lowest BCUT2D eigenvalue weighted by Crippen LogP contribution is -1.97. The van der Waals surface area contributed by atoms with E-state index in [9.17, 15) is 4.79 Å². The SMILES string of the molecule is CCCCCCCc1ncc(CCC(=O)O)[nH]1. The number of carboxylic acids is 1. The number of imidazole rings is 1. The van der Waals surface area contributed by atoms with E-state index in [1.807, 2.05) is 0 Å². The third kappa shape index (κ3) is 6.09. The summed E-state index contributed by atoms with van der Waals surface area (Å²) in [6.07, 6.45) is 9.70. The van der Waals surface area contributed by atoms with Crippen molar-refractivity contribution in [3.63, 3.8) is 0 Å². The molecule has 1 aromatic rings. The first-order valence-corrected chi connectivity index (χ1v) is 6.47. The number of hydrogen-bond acceptors (Lipinski definition) is 2. The van der Waals surface area contributed by atoms with Crippen LogP contribution in [0.2, 0.25) is 0 Å². The fraction of sp³-hybridized carbons (Fsp3) is 0.692. The molecule has 0 aliphatic heterocycles. The van der Waals surface area contributed by atoms with Gasteiger partial charge in [0.05, 0.1) is 6.42 Å². The van der Waals surface area contributed by atoms with Gasteiger partial charge in [0, 0.05) is 18.3 Å². The van der Waals surface area contributed by atoms with Gasteiger partial charge in [0.15, 0.2) is 0 Å². The molecule has 0 bridgehead atoms. The van der Waals surface area contributed by atoms with Gasteiger partial charge < -0.3 is 10.1 Å². The van der Waals surface area contributed by atoms with Gasteiger partial charge in [-0.25, -0.2) is 4.98 Å². The topological polar surface area (TPSA) is 66.0 Å². The molecule has 96 valence electrons. The summed E-state index contributed by atoms with van der Waals surface area (Å²) in [6.45, 7) is 2.21. The first-order valence-electron chi connectivity index (χ1n) is 6.47. The summed E-state index contributed by atoms with van der Waals surface area (Å²) in [5, 5.41) is 8.57. The maximum atomic E-state index is 10.4. The summed E-state index contributed by atoms with van der Waals surface area (Å²) in [6, 6.07) is 0. The molecule has 1 aromatic heterocycles. The fourth-order valence-electron chi connectivity index (χ4n) is 1.80. The van der Waals surface area contributed by atoms with Gasteiger partial charge in [-0.05, 0) is 12.8 Å². The Morgan fingerprint density at radius 3 is 2.76 bits per heavy atom. The molecule has 4 nitrogen and oxygen atoms in total. The number of aromatic amines is 1. The molecule has 0 atom stereocenters. The van der Waals surface area contributed by atoms with E-state index >= 15 is 0 Å². The molecule has 0 saturated carbocycles. The summed E-state index contributed by atoms with van der Waals surface area (Å²) in [7, 11) is 0. The van der Waals surface area contributed by atoms with Crippen LogP contribution in [0, 0.1) is 0 Å². The third-order valence-electron chi connectivity index (χ3n) is 2.81. The predicted octanol–water partition coefficient (Wildman–Crippen LogP) is 2.94. The summed E-state index contributed by atoms with van der Waals surface area (Å²) in [4.78, 5) is 17.9. The minimum Gasteiger partial charge on any atom is -0.481 e. The molecule has 0 unspecified atom stereocenters. The average molecular weight is 238 g/mol. The van der Waals surface area contributed by atoms with Gasteiger partial charge in [0.1, 0.15) is 5.82 Å². The van der Waals surface area contributed by atoms with E-state index in [1.54, 1.807) is 6.20 Å². The molecule has 0 amide bonds. The van der Waals surface area contributed by atoms with Gasteiger partial charge in [0.2, 0.25) is 0 Å². The Hall–Kier alpha value is -1.32. The van der Waals surface area contributed by atoms with Crippen molar-refractivity contribution in [1.82, 2.24) is 9.97 Å². The molecule has 17 heavy (non-hydrogen) atoms. The summed E-state index contributed by atoms with van der Waals surface area (Å²) >= 11 is 0. The van der Waals surface area contributed by atoms with Crippen LogP contribution in [-0.2, 0) is 17.6 Å². The van der Waals surface area contributed by atoms with Crippen LogP contribution in [0.25, 0.3) is 0 Å². The minimum absolute atomic E-state index is 0.165. The van der Waals surface area contributed by atoms with Crippen LogP contribution in [0.4, 0.5) is 0 Å². The van der Waals surface area contributed by atoms with E-state index in [2.05, 4.69) is 16.9 Å². The minimum atomic E-state index is -0.763. The number of carbonyl (C=O) groups is 1. The van der Waals surface area contributed by atoms with Crippen molar-refractivity contribution in [2.75, 3.05) is 0 Å². The maximum absolute atomic E-state index is 10.4. The van der Waals surface area contributed by atoms with Crippen LogP contribution >= 0.6 is 0 Å². The summed E-state index contributed by atoms with van der Waals surface area (Å²) in [5.41, 5.74) is 0.927. The average Bonchev–Trinajstić information content (AvgIpc) is 2.74. The van der Waals surface area contributed by atoms with E-state index in [1.165, 1.54) is 25.7 Å². The number of rotatable bonds is 9. The smallest absolute Gasteiger partial charge is 0.303 e. The molecular formula is C13H22N2O2. The second-order valence-corrected chi connectivity index (χ2v) is 4.41. The van der Waals surface area contributed by atoms with Crippen molar-refractivity contribution in [2.45, 2.75) is 58.3 Å². The number of nitrogens with one attached hydrogen (secondary N) is 1.